The molecule has 0 rings (SSSR count). The van der Waals surface area contributed by atoms with Crippen molar-refractivity contribution < 1.29 is 56.2 Å². The van der Waals surface area contributed by atoms with Crippen LogP contribution in [-0.4, -0.2) is 46.0 Å². The number of rotatable bonds is 10. The van der Waals surface area contributed by atoms with Crippen molar-refractivity contribution in [2.24, 2.45) is 0 Å². The Kier molecular flexibility index (Phi) is 14.7. The molecule has 0 aromatic carbocycles. The Bertz CT molecular complexity index is 231. The van der Waals surface area contributed by atoms with Crippen LogP contribution in [0.1, 0.15) is 19.8 Å². The molecule has 0 aliphatic rings. The first-order chi connectivity index (χ1) is 7.06. The molecule has 0 bridgehead atoms. The van der Waals surface area contributed by atoms with Crippen molar-refractivity contribution >= 4 is 10.4 Å². The Morgan fingerprint density at radius 2 is 1.50 bits per heavy atom. The molecule has 0 amide bonds. The molecular weight excluding hydrogens is 247 g/mol. The van der Waals surface area contributed by atoms with Gasteiger partial charge >= 0.3 is 29.6 Å². The summed E-state index contributed by atoms with van der Waals surface area (Å²) >= 11 is 0. The van der Waals surface area contributed by atoms with E-state index in [9.17, 15) is 13.0 Å². The van der Waals surface area contributed by atoms with E-state index in [-0.39, 0.29) is 42.8 Å². The molecule has 16 heavy (non-hydrogen) atoms. The Morgan fingerprint density at radius 1 is 1.00 bits per heavy atom. The summed E-state index contributed by atoms with van der Waals surface area (Å²) in [6.07, 6.45) is 2.09. The zero-order chi connectivity index (χ0) is 11.6. The van der Waals surface area contributed by atoms with Crippen LogP contribution in [0.5, 0.6) is 0 Å². The van der Waals surface area contributed by atoms with Gasteiger partial charge in [0.05, 0.1) is 26.4 Å². The molecule has 0 fully saturated rings. The van der Waals surface area contributed by atoms with E-state index in [1.54, 1.807) is 0 Å². The van der Waals surface area contributed by atoms with E-state index >= 15 is 0 Å². The molecule has 0 aromatic heterocycles. The average Bonchev–Trinajstić information content (AvgIpc) is 2.14. The maximum Gasteiger partial charge on any atom is 1.00 e. The van der Waals surface area contributed by atoms with Gasteiger partial charge in [-0.15, -0.1) is 0 Å². The second-order valence-electron chi connectivity index (χ2n) is 2.81. The Labute approximate surface area is 119 Å². The maximum atomic E-state index is 9.98. The van der Waals surface area contributed by atoms with Gasteiger partial charge in [-0.25, -0.2) is 8.42 Å². The van der Waals surface area contributed by atoms with E-state index in [1.165, 1.54) is 0 Å². The van der Waals surface area contributed by atoms with Crippen LogP contribution in [0.3, 0.4) is 0 Å². The predicted molar refractivity (Wildman–Crippen MR) is 52.2 cm³/mol. The average molecular weight is 264 g/mol. The van der Waals surface area contributed by atoms with Gasteiger partial charge in [-0.3, -0.25) is 4.18 Å². The van der Waals surface area contributed by atoms with Gasteiger partial charge in [-0.1, -0.05) is 13.3 Å². The third-order valence-corrected chi connectivity index (χ3v) is 1.92. The van der Waals surface area contributed by atoms with Crippen LogP contribution in [0.15, 0.2) is 0 Å². The second-order valence-corrected chi connectivity index (χ2v) is 3.86. The standard InChI is InChI=1S/C8H18O6S.Na/c1-2-3-4-12-5-6-13-7-8-14-15(9,10)11;/h2-8H2,1H3,(H,9,10,11);/q;+1/p-1. The molecular formula is C8H17NaO6S. The van der Waals surface area contributed by atoms with Crippen LogP contribution in [-0.2, 0) is 24.1 Å². The zero-order valence-electron chi connectivity index (χ0n) is 9.81. The SMILES string of the molecule is CCCCOCCOCCOS(=O)(=O)[O-].[Na+]. The van der Waals surface area contributed by atoms with Crippen molar-refractivity contribution in [1.82, 2.24) is 0 Å². The van der Waals surface area contributed by atoms with Gasteiger partial charge in [0, 0.05) is 6.61 Å². The van der Waals surface area contributed by atoms with Crippen molar-refractivity contribution in [3.05, 3.63) is 0 Å². The molecule has 92 valence electrons. The summed E-state index contributed by atoms with van der Waals surface area (Å²) in [5.74, 6) is 0. The predicted octanol–water partition coefficient (Wildman–Crippen LogP) is -2.70. The number of ether oxygens (including phenoxy) is 2. The van der Waals surface area contributed by atoms with E-state index in [1.807, 2.05) is 0 Å². The zero-order valence-corrected chi connectivity index (χ0v) is 12.6. The molecule has 8 heteroatoms. The molecule has 0 unspecified atom stereocenters. The van der Waals surface area contributed by atoms with Gasteiger partial charge in [0.25, 0.3) is 0 Å². The molecule has 0 saturated carbocycles. The van der Waals surface area contributed by atoms with E-state index in [2.05, 4.69) is 11.1 Å². The summed E-state index contributed by atoms with van der Waals surface area (Å²) < 4.78 is 44.0. The Balaban J connectivity index is 0. The molecule has 0 heterocycles. The number of hydrogen-bond acceptors (Lipinski definition) is 6. The molecule has 0 saturated heterocycles. The molecule has 0 aromatic rings. The third kappa shape index (κ3) is 17.2. The molecule has 0 aliphatic carbocycles. The molecule has 0 N–H and O–H groups in total. The van der Waals surface area contributed by atoms with Gasteiger partial charge in [0.2, 0.25) is 10.4 Å². The fourth-order valence-corrected chi connectivity index (χ4v) is 1.04. The van der Waals surface area contributed by atoms with Crippen molar-refractivity contribution in [1.29, 1.82) is 0 Å². The minimum Gasteiger partial charge on any atom is -0.726 e. The summed E-state index contributed by atoms with van der Waals surface area (Å²) in [4.78, 5) is 0. The summed E-state index contributed by atoms with van der Waals surface area (Å²) in [6, 6.07) is 0. The van der Waals surface area contributed by atoms with Gasteiger partial charge in [-0.05, 0) is 6.42 Å². The molecule has 0 atom stereocenters. The number of hydrogen-bond donors (Lipinski definition) is 0. The minimum absolute atomic E-state index is 0. The topological polar surface area (TPSA) is 84.9 Å². The third-order valence-electron chi connectivity index (χ3n) is 1.47. The summed E-state index contributed by atoms with van der Waals surface area (Å²) in [5, 5.41) is 0. The van der Waals surface area contributed by atoms with Gasteiger partial charge in [0.1, 0.15) is 0 Å². The van der Waals surface area contributed by atoms with Crippen LogP contribution in [0.25, 0.3) is 0 Å². The van der Waals surface area contributed by atoms with E-state index in [4.69, 9.17) is 9.47 Å². The van der Waals surface area contributed by atoms with Gasteiger partial charge in [-0.2, -0.15) is 0 Å². The van der Waals surface area contributed by atoms with E-state index in [0.29, 0.717) is 19.8 Å². The van der Waals surface area contributed by atoms with Crippen LogP contribution in [0.4, 0.5) is 0 Å². The van der Waals surface area contributed by atoms with E-state index in [0.717, 1.165) is 12.8 Å². The van der Waals surface area contributed by atoms with Crippen molar-refractivity contribution in [2.45, 2.75) is 19.8 Å². The fourth-order valence-electron chi connectivity index (χ4n) is 0.763. The smallest absolute Gasteiger partial charge is 0.726 e. The van der Waals surface area contributed by atoms with Crippen molar-refractivity contribution in [3.8, 4) is 0 Å². The minimum atomic E-state index is -4.59. The summed E-state index contributed by atoms with van der Waals surface area (Å²) in [5.41, 5.74) is 0. The second kappa shape index (κ2) is 12.3. The Hall–Kier alpha value is 0.790. The first kappa shape index (κ1) is 19.1. The molecule has 0 spiro atoms. The summed E-state index contributed by atoms with van der Waals surface area (Å²) in [7, 11) is -4.59. The van der Waals surface area contributed by atoms with Gasteiger partial charge in [0.15, 0.2) is 0 Å². The number of unbranched alkanes of at least 4 members (excludes halogenated alkanes) is 1. The first-order valence-electron chi connectivity index (χ1n) is 4.82. The Morgan fingerprint density at radius 3 is 2.00 bits per heavy atom. The van der Waals surface area contributed by atoms with Crippen LogP contribution >= 0.6 is 0 Å². The largest absolute Gasteiger partial charge is 1.00 e. The van der Waals surface area contributed by atoms with Gasteiger partial charge < -0.3 is 14.0 Å². The maximum absolute atomic E-state index is 9.98. The normalized spacial score (nSPS) is 11.1. The van der Waals surface area contributed by atoms with Crippen molar-refractivity contribution in [2.75, 3.05) is 33.0 Å². The van der Waals surface area contributed by atoms with Crippen LogP contribution in [0, 0.1) is 0 Å². The van der Waals surface area contributed by atoms with Crippen molar-refractivity contribution in [3.63, 3.8) is 0 Å². The molecule has 0 radical (unpaired) electrons. The quantitative estimate of drug-likeness (QED) is 0.185. The fraction of sp³-hybridized carbons (Fsp3) is 1.00. The first-order valence-corrected chi connectivity index (χ1v) is 6.15. The van der Waals surface area contributed by atoms with Crippen LogP contribution < -0.4 is 29.6 Å². The molecule has 6 nitrogen and oxygen atoms in total. The van der Waals surface area contributed by atoms with Crippen LogP contribution in [0.2, 0.25) is 0 Å². The van der Waals surface area contributed by atoms with E-state index < -0.39 is 10.4 Å². The summed E-state index contributed by atoms with van der Waals surface area (Å²) in [6.45, 7) is 3.42. The monoisotopic (exact) mass is 264 g/mol. The molecule has 0 aliphatic heterocycles.